The molecule has 0 N–H and O–H groups in total. The van der Waals surface area contributed by atoms with Crippen LogP contribution in [0.2, 0.25) is 0 Å². The van der Waals surface area contributed by atoms with E-state index in [2.05, 4.69) is 15.1 Å². The number of nitrogens with zero attached hydrogens (tertiary/aromatic N) is 3. The first kappa shape index (κ1) is 23.8. The van der Waals surface area contributed by atoms with Crippen molar-refractivity contribution in [3.63, 3.8) is 0 Å². The van der Waals surface area contributed by atoms with Gasteiger partial charge in [0.15, 0.2) is 0 Å². The molecule has 8 heteroatoms. The van der Waals surface area contributed by atoms with Gasteiger partial charge in [0, 0.05) is 17.1 Å². The maximum absolute atomic E-state index is 11.0. The molecule has 0 amide bonds. The molecule has 6 nitrogen and oxygen atoms in total. The van der Waals surface area contributed by atoms with E-state index in [0.717, 1.165) is 17.1 Å². The minimum Gasteiger partial charge on any atom is -0.744 e. The third kappa shape index (κ3) is 5.91. The fraction of sp³-hybridized carbons (Fsp3) is 0. The Morgan fingerprint density at radius 1 is 0.562 bits per heavy atom. The van der Waals surface area contributed by atoms with Crippen LogP contribution in [0.4, 0.5) is 28.4 Å². The maximum Gasteiger partial charge on any atom is 1.00 e. The fourth-order valence-electron chi connectivity index (χ4n) is 3.06. The predicted molar refractivity (Wildman–Crippen MR) is 120 cm³/mol. The van der Waals surface area contributed by atoms with Gasteiger partial charge >= 0.3 is 29.6 Å². The molecule has 0 spiro atoms. The Bertz CT molecular complexity index is 1240. The Balaban J connectivity index is 0.00000289. The second kappa shape index (κ2) is 10.7. The van der Waals surface area contributed by atoms with Gasteiger partial charge in [0.25, 0.3) is 0 Å². The molecule has 32 heavy (non-hydrogen) atoms. The minimum absolute atomic E-state index is 0. The van der Waals surface area contributed by atoms with Crippen molar-refractivity contribution in [2.24, 2.45) is 10.2 Å². The third-order valence-corrected chi connectivity index (χ3v) is 5.39. The van der Waals surface area contributed by atoms with Gasteiger partial charge in [-0.25, -0.2) is 8.42 Å². The van der Waals surface area contributed by atoms with E-state index in [0.29, 0.717) is 11.4 Å². The molecular formula is C24H18N3NaO3S. The zero-order valence-electron chi connectivity index (χ0n) is 17.4. The average Bonchev–Trinajstić information content (AvgIpc) is 2.80. The Morgan fingerprint density at radius 3 is 1.34 bits per heavy atom. The molecule has 0 aliphatic rings. The number of anilines is 3. The average molecular weight is 451 g/mol. The summed E-state index contributed by atoms with van der Waals surface area (Å²) in [6.45, 7) is 0. The summed E-state index contributed by atoms with van der Waals surface area (Å²) in [5, 5.41) is 8.30. The SMILES string of the molecule is O=S(=O)([O-])c1ccc(/N=N/c2ccc(N(c3ccccc3)c3ccccc3)cc2)cc1.[Na+]. The predicted octanol–water partition coefficient (Wildman–Crippen LogP) is 3.48. The van der Waals surface area contributed by atoms with Crippen LogP contribution in [0.15, 0.2) is 124 Å². The molecule has 4 aromatic carbocycles. The van der Waals surface area contributed by atoms with Gasteiger partial charge < -0.3 is 9.45 Å². The molecule has 0 saturated heterocycles. The van der Waals surface area contributed by atoms with Gasteiger partial charge in [-0.05, 0) is 72.8 Å². The van der Waals surface area contributed by atoms with Crippen molar-refractivity contribution >= 4 is 38.6 Å². The Morgan fingerprint density at radius 2 is 0.938 bits per heavy atom. The van der Waals surface area contributed by atoms with E-state index < -0.39 is 10.1 Å². The van der Waals surface area contributed by atoms with Crippen LogP contribution >= 0.6 is 0 Å². The van der Waals surface area contributed by atoms with Gasteiger partial charge in [-0.1, -0.05) is 36.4 Å². The second-order valence-electron chi connectivity index (χ2n) is 6.67. The number of para-hydroxylation sites is 2. The number of benzene rings is 4. The quantitative estimate of drug-likeness (QED) is 0.255. The van der Waals surface area contributed by atoms with Crippen LogP contribution < -0.4 is 34.5 Å². The molecule has 0 aliphatic carbocycles. The van der Waals surface area contributed by atoms with E-state index in [1.807, 2.05) is 84.9 Å². The molecule has 0 radical (unpaired) electrons. The molecule has 0 fully saturated rings. The number of hydrogen-bond donors (Lipinski definition) is 0. The van der Waals surface area contributed by atoms with Gasteiger partial charge in [-0.2, -0.15) is 10.2 Å². The smallest absolute Gasteiger partial charge is 0.744 e. The van der Waals surface area contributed by atoms with E-state index in [1.54, 1.807) is 0 Å². The monoisotopic (exact) mass is 451 g/mol. The minimum atomic E-state index is -4.47. The Kier molecular flexibility index (Phi) is 7.95. The first-order chi connectivity index (χ1) is 15.0. The van der Waals surface area contributed by atoms with Crippen molar-refractivity contribution in [1.82, 2.24) is 0 Å². The second-order valence-corrected chi connectivity index (χ2v) is 8.05. The Labute approximate surface area is 209 Å². The van der Waals surface area contributed by atoms with Crippen molar-refractivity contribution in [3.8, 4) is 0 Å². The number of azo groups is 1. The summed E-state index contributed by atoms with van der Waals surface area (Å²) in [5.74, 6) is 0. The van der Waals surface area contributed by atoms with Crippen LogP contribution in [-0.2, 0) is 10.1 Å². The number of rotatable bonds is 6. The molecular weight excluding hydrogens is 433 g/mol. The Hall–Kier alpha value is -2.81. The van der Waals surface area contributed by atoms with Crippen molar-refractivity contribution in [2.75, 3.05) is 4.90 Å². The molecule has 0 saturated carbocycles. The van der Waals surface area contributed by atoms with Crippen molar-refractivity contribution in [3.05, 3.63) is 109 Å². The van der Waals surface area contributed by atoms with Crippen LogP contribution in [0.25, 0.3) is 0 Å². The zero-order valence-corrected chi connectivity index (χ0v) is 20.2. The van der Waals surface area contributed by atoms with E-state index in [9.17, 15) is 13.0 Å². The zero-order chi connectivity index (χ0) is 21.7. The van der Waals surface area contributed by atoms with Gasteiger partial charge in [0.1, 0.15) is 10.1 Å². The molecule has 0 atom stereocenters. The maximum atomic E-state index is 11.0. The van der Waals surface area contributed by atoms with E-state index in [-0.39, 0.29) is 34.5 Å². The number of hydrogen-bond acceptors (Lipinski definition) is 6. The van der Waals surface area contributed by atoms with Crippen LogP contribution in [0.1, 0.15) is 0 Å². The fourth-order valence-corrected chi connectivity index (χ4v) is 3.53. The first-order valence-corrected chi connectivity index (χ1v) is 10.9. The van der Waals surface area contributed by atoms with Crippen LogP contribution in [-0.4, -0.2) is 13.0 Å². The van der Waals surface area contributed by atoms with E-state index in [4.69, 9.17) is 0 Å². The molecule has 4 aromatic rings. The summed E-state index contributed by atoms with van der Waals surface area (Å²) >= 11 is 0. The van der Waals surface area contributed by atoms with E-state index in [1.165, 1.54) is 24.3 Å². The van der Waals surface area contributed by atoms with Crippen LogP contribution in [0, 0.1) is 0 Å². The molecule has 0 heterocycles. The molecule has 154 valence electrons. The summed E-state index contributed by atoms with van der Waals surface area (Å²) < 4.78 is 33.0. The summed E-state index contributed by atoms with van der Waals surface area (Å²) in [6.07, 6.45) is 0. The van der Waals surface area contributed by atoms with Crippen molar-refractivity contribution in [2.45, 2.75) is 4.90 Å². The van der Waals surface area contributed by atoms with Crippen molar-refractivity contribution < 1.29 is 42.5 Å². The summed E-state index contributed by atoms with van der Waals surface area (Å²) in [6, 6.07) is 33.1. The first-order valence-electron chi connectivity index (χ1n) is 9.49. The summed E-state index contributed by atoms with van der Waals surface area (Å²) in [4.78, 5) is 1.85. The van der Waals surface area contributed by atoms with Gasteiger partial charge in [0.05, 0.1) is 16.3 Å². The molecule has 4 rings (SSSR count). The third-order valence-electron chi connectivity index (χ3n) is 4.54. The molecule has 0 aromatic heterocycles. The summed E-state index contributed by atoms with van der Waals surface area (Å²) in [5.41, 5.74) is 4.14. The van der Waals surface area contributed by atoms with Gasteiger partial charge in [-0.15, -0.1) is 0 Å². The van der Waals surface area contributed by atoms with Crippen LogP contribution in [0.5, 0.6) is 0 Å². The largest absolute Gasteiger partial charge is 1.00 e. The topological polar surface area (TPSA) is 85.2 Å². The molecule has 0 bridgehead atoms. The standard InChI is InChI=1S/C24H19N3O3S.Na/c28-31(29,30)24-17-13-20(14-18-24)26-25-19-11-15-23(16-12-19)27(21-7-3-1-4-8-21)22-9-5-2-6-10-22;/h1-18H,(H,28,29,30);/q;+1/p-1/b26-25+;. The molecule has 0 aliphatic heterocycles. The van der Waals surface area contributed by atoms with Gasteiger partial charge in [0.2, 0.25) is 0 Å². The summed E-state index contributed by atoms with van der Waals surface area (Å²) in [7, 11) is -4.47. The van der Waals surface area contributed by atoms with Crippen LogP contribution in [0.3, 0.4) is 0 Å². The van der Waals surface area contributed by atoms with Crippen molar-refractivity contribution in [1.29, 1.82) is 0 Å². The van der Waals surface area contributed by atoms with E-state index >= 15 is 0 Å². The molecule has 0 unspecified atom stereocenters. The van der Waals surface area contributed by atoms with Gasteiger partial charge in [-0.3, -0.25) is 0 Å². The normalized spacial score (nSPS) is 11.2.